The summed E-state index contributed by atoms with van der Waals surface area (Å²) in [4.78, 5) is 6.00. The molecule has 0 amide bonds. The number of fused-ring (bicyclic) bond motifs is 12. The summed E-state index contributed by atoms with van der Waals surface area (Å²) in [5, 5.41) is 2.36. The lowest BCUT2D eigenvalue weighted by Gasteiger charge is -2.34. The average Bonchev–Trinajstić information content (AvgIpc) is 3.91. The minimum atomic E-state index is -0.304. The van der Waals surface area contributed by atoms with E-state index in [0.717, 1.165) is 52.4 Å². The monoisotopic (exact) mass is 661 g/mol. The van der Waals surface area contributed by atoms with Crippen LogP contribution in [0.5, 0.6) is 11.5 Å². The Balaban J connectivity index is 1.05. The van der Waals surface area contributed by atoms with Gasteiger partial charge in [-0.15, -0.1) is 0 Å². The first-order valence-corrected chi connectivity index (χ1v) is 18.2. The Kier molecular flexibility index (Phi) is 5.96. The molecule has 3 aliphatic carbocycles. The van der Waals surface area contributed by atoms with Crippen molar-refractivity contribution >= 4 is 38.9 Å². The summed E-state index contributed by atoms with van der Waals surface area (Å²) < 4.78 is 14.2. The van der Waals surface area contributed by atoms with E-state index in [2.05, 4.69) is 120 Å². The smallest absolute Gasteiger partial charge is 0.137 e. The maximum atomic E-state index is 6.68. The number of benzene rings is 5. The Morgan fingerprint density at radius 3 is 2.30 bits per heavy atom. The lowest BCUT2D eigenvalue weighted by Crippen LogP contribution is -2.28. The molecule has 5 heteroatoms. The van der Waals surface area contributed by atoms with E-state index in [1.165, 1.54) is 56.3 Å². The quantitative estimate of drug-likeness (QED) is 0.188. The topological polar surface area (TPSA) is 39.9 Å². The van der Waals surface area contributed by atoms with E-state index in [1.807, 2.05) is 24.4 Å². The number of pyridine rings is 1. The average molecular weight is 662 g/mol. The van der Waals surface area contributed by atoms with Gasteiger partial charge in [-0.1, -0.05) is 84.9 Å². The van der Waals surface area contributed by atoms with Crippen molar-refractivity contribution in [3.8, 4) is 39.0 Å². The van der Waals surface area contributed by atoms with E-state index in [4.69, 9.17) is 14.1 Å². The molecule has 1 unspecified atom stereocenters. The molecule has 3 aromatic heterocycles. The zero-order valence-electron chi connectivity index (χ0n) is 27.3. The number of allylic oxidation sites excluding steroid dienone is 2. The normalized spacial score (nSPS) is 17.3. The Morgan fingerprint density at radius 1 is 0.640 bits per heavy atom. The molecule has 1 atom stereocenters. The van der Waals surface area contributed by atoms with Gasteiger partial charge < -0.3 is 4.74 Å². The molecule has 50 heavy (non-hydrogen) atoms. The van der Waals surface area contributed by atoms with Crippen LogP contribution in [0.3, 0.4) is 0 Å². The molecule has 0 aliphatic heterocycles. The van der Waals surface area contributed by atoms with Gasteiger partial charge in [0.2, 0.25) is 0 Å². The van der Waals surface area contributed by atoms with Crippen molar-refractivity contribution < 1.29 is 4.74 Å². The number of nitrogens with zero attached hydrogens (tertiary/aromatic N) is 3. The molecule has 1 spiro atoms. The van der Waals surface area contributed by atoms with Crippen LogP contribution in [0.4, 0.5) is 0 Å². The van der Waals surface area contributed by atoms with Crippen LogP contribution in [0.2, 0.25) is 0 Å². The van der Waals surface area contributed by atoms with Crippen molar-refractivity contribution in [3.63, 3.8) is 0 Å². The van der Waals surface area contributed by atoms with Gasteiger partial charge in [-0.3, -0.25) is 4.57 Å². The number of rotatable bonds is 4. The summed E-state index contributed by atoms with van der Waals surface area (Å²) in [5.74, 6) is 2.46. The molecule has 0 saturated carbocycles. The highest BCUT2D eigenvalue weighted by molar-refractivity contribution is 7.10. The molecule has 0 bridgehead atoms. The van der Waals surface area contributed by atoms with Gasteiger partial charge in [-0.2, -0.15) is 4.37 Å². The van der Waals surface area contributed by atoms with Crippen LogP contribution >= 0.6 is 11.5 Å². The molecule has 0 N–H and O–H groups in total. The summed E-state index contributed by atoms with van der Waals surface area (Å²) >= 11 is 1.64. The molecule has 3 heterocycles. The van der Waals surface area contributed by atoms with Crippen LogP contribution in [0.1, 0.15) is 47.9 Å². The molecular weight excluding hydrogens is 631 g/mol. The van der Waals surface area contributed by atoms with Crippen LogP contribution in [-0.2, 0) is 5.41 Å². The zero-order valence-corrected chi connectivity index (χ0v) is 28.1. The summed E-state index contributed by atoms with van der Waals surface area (Å²) in [7, 11) is 0. The maximum absolute atomic E-state index is 6.68. The molecule has 4 nitrogen and oxygen atoms in total. The van der Waals surface area contributed by atoms with Gasteiger partial charge >= 0.3 is 0 Å². The third-order valence-electron chi connectivity index (χ3n) is 11.1. The maximum Gasteiger partial charge on any atom is 0.137 e. The second kappa shape index (κ2) is 10.6. The van der Waals surface area contributed by atoms with E-state index in [-0.39, 0.29) is 5.41 Å². The fourth-order valence-electron chi connectivity index (χ4n) is 9.20. The van der Waals surface area contributed by atoms with Gasteiger partial charge in [0.1, 0.15) is 17.3 Å². The molecule has 0 saturated heterocycles. The standard InChI is InChI=1S/C45H31N3OS/c1-5-18-36-31(14-1)32-15-2-6-19-37(32)45(36)38-20-7-3-17-35(38)44-42(45)43(47-50-44)28-12-11-13-29(26-28)49-30-23-24-34-33-16-4-8-21-39(33)48(40(34)27-30)41-22-9-10-25-46-41/h1,3-5,7-14,16-18,20-27H,2,6,15,19H2. The summed E-state index contributed by atoms with van der Waals surface area (Å²) in [6.45, 7) is 0. The molecule has 8 aromatic rings. The van der Waals surface area contributed by atoms with Crippen molar-refractivity contribution in [2.24, 2.45) is 0 Å². The van der Waals surface area contributed by atoms with Crippen molar-refractivity contribution in [2.45, 2.75) is 31.1 Å². The second-order valence-electron chi connectivity index (χ2n) is 13.6. The van der Waals surface area contributed by atoms with Crippen LogP contribution in [0.25, 0.3) is 54.9 Å². The Morgan fingerprint density at radius 2 is 1.40 bits per heavy atom. The molecule has 3 aliphatic rings. The van der Waals surface area contributed by atoms with E-state index >= 15 is 0 Å². The first-order valence-electron chi connectivity index (χ1n) is 17.5. The molecule has 5 aromatic carbocycles. The van der Waals surface area contributed by atoms with E-state index in [9.17, 15) is 0 Å². The predicted octanol–water partition coefficient (Wildman–Crippen LogP) is 11.8. The van der Waals surface area contributed by atoms with Crippen LogP contribution in [0, 0.1) is 0 Å². The van der Waals surface area contributed by atoms with Crippen molar-refractivity contribution in [3.05, 3.63) is 167 Å². The van der Waals surface area contributed by atoms with Gasteiger partial charge in [-0.05, 0) is 113 Å². The number of hydrogen-bond acceptors (Lipinski definition) is 4. The summed E-state index contributed by atoms with van der Waals surface area (Å²) in [6.07, 6.45) is 6.58. The number of ether oxygens (including phenoxy) is 1. The fourth-order valence-corrected chi connectivity index (χ4v) is 10.2. The number of hydrogen-bond donors (Lipinski definition) is 0. The van der Waals surface area contributed by atoms with E-state index < -0.39 is 0 Å². The second-order valence-corrected chi connectivity index (χ2v) is 14.4. The van der Waals surface area contributed by atoms with Crippen LogP contribution < -0.4 is 4.74 Å². The first-order chi connectivity index (χ1) is 24.8. The largest absolute Gasteiger partial charge is 0.457 e. The van der Waals surface area contributed by atoms with Gasteiger partial charge in [0.05, 0.1) is 27.0 Å². The van der Waals surface area contributed by atoms with Crippen molar-refractivity contribution in [1.82, 2.24) is 13.9 Å². The molecular formula is C45H31N3OS. The molecule has 238 valence electrons. The molecule has 11 rings (SSSR count). The highest BCUT2D eigenvalue weighted by Crippen LogP contribution is 2.66. The minimum Gasteiger partial charge on any atom is -0.457 e. The number of para-hydroxylation sites is 1. The van der Waals surface area contributed by atoms with Gasteiger partial charge in [-0.25, -0.2) is 4.98 Å². The lowest BCUT2D eigenvalue weighted by atomic mass is 9.67. The van der Waals surface area contributed by atoms with Crippen LogP contribution in [0.15, 0.2) is 145 Å². The molecule has 0 fully saturated rings. The number of aromatic nitrogens is 3. The highest BCUT2D eigenvalue weighted by Gasteiger charge is 2.55. The van der Waals surface area contributed by atoms with Crippen molar-refractivity contribution in [1.29, 1.82) is 0 Å². The zero-order chi connectivity index (χ0) is 32.8. The lowest BCUT2D eigenvalue weighted by molar-refractivity contribution is 0.483. The third-order valence-corrected chi connectivity index (χ3v) is 12.0. The van der Waals surface area contributed by atoms with Gasteiger partial charge in [0, 0.05) is 34.2 Å². The third kappa shape index (κ3) is 3.75. The molecule has 0 radical (unpaired) electrons. The van der Waals surface area contributed by atoms with E-state index in [0.29, 0.717) is 0 Å². The highest BCUT2D eigenvalue weighted by atomic mass is 32.1. The summed E-state index contributed by atoms with van der Waals surface area (Å²) in [6, 6.07) is 47.6. The van der Waals surface area contributed by atoms with Gasteiger partial charge in [0.25, 0.3) is 0 Å². The minimum absolute atomic E-state index is 0.304. The van der Waals surface area contributed by atoms with Crippen LogP contribution in [-0.4, -0.2) is 13.9 Å². The first kappa shape index (κ1) is 28.1. The Hall–Kier alpha value is -5.78. The summed E-state index contributed by atoms with van der Waals surface area (Å²) in [5.41, 5.74) is 14.1. The Bertz CT molecular complexity index is 2700. The van der Waals surface area contributed by atoms with Gasteiger partial charge in [0.15, 0.2) is 0 Å². The Labute approximate surface area is 294 Å². The van der Waals surface area contributed by atoms with E-state index in [1.54, 1.807) is 22.7 Å². The predicted molar refractivity (Wildman–Crippen MR) is 203 cm³/mol. The fraction of sp³-hybridized carbons (Fsp3) is 0.111. The SMILES string of the molecule is c1ccc(-n2c3ccccc3c3ccc(Oc4cccc(-c5nsc6c5C5(C7=C(CCCC7)c7ccccc75)c5ccccc5-6)c4)cc32)nc1. The van der Waals surface area contributed by atoms with Crippen molar-refractivity contribution in [2.75, 3.05) is 0 Å².